The average molecular weight is 267 g/mol. The quantitative estimate of drug-likeness (QED) is 0.927. The molecule has 2 N–H and O–H groups in total. The van der Waals surface area contributed by atoms with E-state index in [0.29, 0.717) is 6.54 Å². The Hall–Kier alpha value is -2.00. The summed E-state index contributed by atoms with van der Waals surface area (Å²) in [5, 5.41) is 0. The Morgan fingerprint density at radius 3 is 1.70 bits per heavy atom. The lowest BCUT2D eigenvalue weighted by atomic mass is 10.1. The molecule has 2 aromatic rings. The largest absolute Gasteiger partial charge is 0.368 e. The van der Waals surface area contributed by atoms with Gasteiger partial charge in [-0.15, -0.1) is 0 Å². The van der Waals surface area contributed by atoms with E-state index in [1.807, 2.05) is 0 Å². The molecule has 0 spiro atoms. The molecule has 2 aromatic carbocycles. The van der Waals surface area contributed by atoms with Crippen molar-refractivity contribution in [1.29, 1.82) is 0 Å². The number of rotatable bonds is 3. The number of nitrogens with two attached hydrogens (primary N) is 1. The molecule has 0 amide bonds. The van der Waals surface area contributed by atoms with Gasteiger partial charge in [-0.05, 0) is 29.8 Å². The third kappa shape index (κ3) is 2.78. The van der Waals surface area contributed by atoms with Crippen LogP contribution in [0.2, 0.25) is 0 Å². The summed E-state index contributed by atoms with van der Waals surface area (Å²) in [5.41, 5.74) is 9.46. The highest BCUT2D eigenvalue weighted by Gasteiger charge is 2.17. The summed E-state index contributed by atoms with van der Waals surface area (Å²) >= 11 is 0. The fourth-order valence-corrected chi connectivity index (χ4v) is 2.70. The topological polar surface area (TPSA) is 32.5 Å². The van der Waals surface area contributed by atoms with Crippen molar-refractivity contribution in [2.24, 2.45) is 5.73 Å². The number of benzene rings is 2. The van der Waals surface area contributed by atoms with E-state index >= 15 is 0 Å². The van der Waals surface area contributed by atoms with Gasteiger partial charge >= 0.3 is 0 Å². The average Bonchev–Trinajstić information content (AvgIpc) is 2.56. The van der Waals surface area contributed by atoms with Crippen molar-refractivity contribution in [3.63, 3.8) is 0 Å². The summed E-state index contributed by atoms with van der Waals surface area (Å²) in [6.07, 6.45) is 0. The van der Waals surface area contributed by atoms with E-state index in [0.717, 1.165) is 26.2 Å². The normalized spacial score (nSPS) is 15.4. The van der Waals surface area contributed by atoms with E-state index in [1.54, 1.807) is 0 Å². The van der Waals surface area contributed by atoms with Crippen LogP contribution in [0, 0.1) is 0 Å². The Labute approximate surface area is 120 Å². The van der Waals surface area contributed by atoms with Crippen molar-refractivity contribution >= 4 is 11.4 Å². The monoisotopic (exact) mass is 267 g/mol. The summed E-state index contributed by atoms with van der Waals surface area (Å²) in [5.74, 6) is 0. The Kier molecular flexibility index (Phi) is 3.88. The molecule has 0 unspecified atom stereocenters. The molecule has 3 heteroatoms. The van der Waals surface area contributed by atoms with Gasteiger partial charge in [0, 0.05) is 44.1 Å². The summed E-state index contributed by atoms with van der Waals surface area (Å²) in [4.78, 5) is 4.89. The highest BCUT2D eigenvalue weighted by Crippen LogP contribution is 2.20. The molecule has 0 atom stereocenters. The van der Waals surface area contributed by atoms with Crippen LogP contribution in [-0.4, -0.2) is 26.2 Å². The van der Waals surface area contributed by atoms with Crippen LogP contribution in [0.15, 0.2) is 54.6 Å². The van der Waals surface area contributed by atoms with Crippen LogP contribution in [0.5, 0.6) is 0 Å². The van der Waals surface area contributed by atoms with Gasteiger partial charge < -0.3 is 15.5 Å². The molecule has 0 aromatic heterocycles. The number of hydrogen-bond acceptors (Lipinski definition) is 3. The molecule has 1 fully saturated rings. The fraction of sp³-hybridized carbons (Fsp3) is 0.294. The number of hydrogen-bond donors (Lipinski definition) is 1. The first kappa shape index (κ1) is 13.0. The predicted molar refractivity (Wildman–Crippen MR) is 85.2 cm³/mol. The summed E-state index contributed by atoms with van der Waals surface area (Å²) in [6, 6.07) is 19.3. The first-order valence-electron chi connectivity index (χ1n) is 7.21. The lowest BCUT2D eigenvalue weighted by Gasteiger charge is -2.37. The van der Waals surface area contributed by atoms with Crippen molar-refractivity contribution < 1.29 is 0 Å². The van der Waals surface area contributed by atoms with Crippen LogP contribution in [0.4, 0.5) is 11.4 Å². The Bertz CT molecular complexity index is 528. The van der Waals surface area contributed by atoms with Gasteiger partial charge in [-0.1, -0.05) is 30.3 Å². The molecule has 1 saturated heterocycles. The fourth-order valence-electron chi connectivity index (χ4n) is 2.70. The zero-order valence-corrected chi connectivity index (χ0v) is 11.7. The number of anilines is 2. The van der Waals surface area contributed by atoms with Gasteiger partial charge in [0.2, 0.25) is 0 Å². The number of para-hydroxylation sites is 1. The molecule has 0 aliphatic carbocycles. The van der Waals surface area contributed by atoms with Gasteiger partial charge in [0.15, 0.2) is 0 Å². The molecule has 3 nitrogen and oxygen atoms in total. The Morgan fingerprint density at radius 2 is 1.20 bits per heavy atom. The van der Waals surface area contributed by atoms with E-state index in [4.69, 9.17) is 5.73 Å². The number of nitrogens with zero attached hydrogens (tertiary/aromatic N) is 2. The minimum Gasteiger partial charge on any atom is -0.368 e. The SMILES string of the molecule is NCc1ccc(N2CCN(c3ccccc3)CC2)cc1. The number of piperazine rings is 1. The molecule has 0 radical (unpaired) electrons. The second kappa shape index (κ2) is 5.97. The van der Waals surface area contributed by atoms with Crippen molar-refractivity contribution in [3.05, 3.63) is 60.2 Å². The van der Waals surface area contributed by atoms with E-state index in [-0.39, 0.29) is 0 Å². The van der Waals surface area contributed by atoms with Gasteiger partial charge in [-0.2, -0.15) is 0 Å². The molecule has 0 bridgehead atoms. The second-order valence-electron chi connectivity index (χ2n) is 5.18. The van der Waals surface area contributed by atoms with Gasteiger partial charge in [-0.3, -0.25) is 0 Å². The maximum Gasteiger partial charge on any atom is 0.0367 e. The van der Waals surface area contributed by atoms with Crippen molar-refractivity contribution in [2.45, 2.75) is 6.54 Å². The third-order valence-corrected chi connectivity index (χ3v) is 3.94. The van der Waals surface area contributed by atoms with E-state index in [1.165, 1.54) is 16.9 Å². The molecule has 3 rings (SSSR count). The Balaban J connectivity index is 1.63. The summed E-state index contributed by atoms with van der Waals surface area (Å²) < 4.78 is 0. The summed E-state index contributed by atoms with van der Waals surface area (Å²) in [6.45, 7) is 4.89. The van der Waals surface area contributed by atoms with Gasteiger partial charge in [-0.25, -0.2) is 0 Å². The van der Waals surface area contributed by atoms with Crippen LogP contribution in [0.25, 0.3) is 0 Å². The van der Waals surface area contributed by atoms with Gasteiger partial charge in [0.05, 0.1) is 0 Å². The minimum absolute atomic E-state index is 0.613. The van der Waals surface area contributed by atoms with Crippen LogP contribution in [0.1, 0.15) is 5.56 Å². The molecule has 104 valence electrons. The maximum atomic E-state index is 5.64. The summed E-state index contributed by atoms with van der Waals surface area (Å²) in [7, 11) is 0. The molecule has 1 heterocycles. The lowest BCUT2D eigenvalue weighted by Crippen LogP contribution is -2.46. The Morgan fingerprint density at radius 1 is 0.700 bits per heavy atom. The zero-order chi connectivity index (χ0) is 13.8. The second-order valence-corrected chi connectivity index (χ2v) is 5.18. The van der Waals surface area contributed by atoms with Crippen LogP contribution < -0.4 is 15.5 Å². The van der Waals surface area contributed by atoms with Crippen molar-refractivity contribution in [3.8, 4) is 0 Å². The molecule has 0 saturated carbocycles. The first-order chi connectivity index (χ1) is 9.86. The minimum atomic E-state index is 0.613. The van der Waals surface area contributed by atoms with Crippen molar-refractivity contribution in [2.75, 3.05) is 36.0 Å². The highest BCUT2D eigenvalue weighted by atomic mass is 15.3. The smallest absolute Gasteiger partial charge is 0.0367 e. The first-order valence-corrected chi connectivity index (χ1v) is 7.21. The molecule has 20 heavy (non-hydrogen) atoms. The highest BCUT2D eigenvalue weighted by molar-refractivity contribution is 5.52. The van der Waals surface area contributed by atoms with Crippen LogP contribution in [0.3, 0.4) is 0 Å². The van der Waals surface area contributed by atoms with Gasteiger partial charge in [0.25, 0.3) is 0 Å². The van der Waals surface area contributed by atoms with E-state index in [9.17, 15) is 0 Å². The molecular weight excluding hydrogens is 246 g/mol. The lowest BCUT2D eigenvalue weighted by molar-refractivity contribution is 0.653. The third-order valence-electron chi connectivity index (χ3n) is 3.94. The predicted octanol–water partition coefficient (Wildman–Crippen LogP) is 2.47. The van der Waals surface area contributed by atoms with Gasteiger partial charge in [0.1, 0.15) is 0 Å². The molecule has 1 aliphatic heterocycles. The zero-order valence-electron chi connectivity index (χ0n) is 11.7. The maximum absolute atomic E-state index is 5.64. The van der Waals surface area contributed by atoms with E-state index < -0.39 is 0 Å². The molecule has 1 aliphatic rings. The van der Waals surface area contributed by atoms with E-state index in [2.05, 4.69) is 64.4 Å². The van der Waals surface area contributed by atoms with Crippen LogP contribution >= 0.6 is 0 Å². The van der Waals surface area contributed by atoms with Crippen molar-refractivity contribution in [1.82, 2.24) is 0 Å². The standard InChI is InChI=1S/C17H21N3/c18-14-15-6-8-17(9-7-15)20-12-10-19(11-13-20)16-4-2-1-3-5-16/h1-9H,10-14,18H2. The van der Waals surface area contributed by atoms with Crippen LogP contribution in [-0.2, 0) is 6.54 Å². The molecular formula is C17H21N3.